The normalized spacial score (nSPS) is 21.4. The van der Waals surface area contributed by atoms with Crippen molar-refractivity contribution in [2.75, 3.05) is 11.3 Å². The first-order valence-electron chi connectivity index (χ1n) is 6.81. The van der Waals surface area contributed by atoms with Gasteiger partial charge in [0, 0.05) is 5.82 Å². The van der Waals surface area contributed by atoms with Crippen LogP contribution in [0.15, 0.2) is 53.7 Å². The van der Waals surface area contributed by atoms with Crippen LogP contribution in [0.4, 0.5) is 10.5 Å². The van der Waals surface area contributed by atoms with Gasteiger partial charge in [0.25, 0.3) is 0 Å². The zero-order valence-corrected chi connectivity index (χ0v) is 13.6. The van der Waals surface area contributed by atoms with Crippen LogP contribution in [-0.4, -0.2) is 12.6 Å². The average Bonchev–Trinajstić information content (AvgIpc) is 3.02. The van der Waals surface area contributed by atoms with Crippen molar-refractivity contribution in [1.82, 2.24) is 5.32 Å². The number of carbonyl (C=O) groups is 1. The van der Waals surface area contributed by atoms with Gasteiger partial charge in [-0.15, -0.1) is 11.3 Å². The van der Waals surface area contributed by atoms with Crippen LogP contribution in [-0.2, 0) is 9.09 Å². The first-order chi connectivity index (χ1) is 10.6. The number of para-hydroxylation sites is 1. The van der Waals surface area contributed by atoms with Crippen LogP contribution in [0.1, 0.15) is 11.8 Å². The van der Waals surface area contributed by atoms with Gasteiger partial charge in [0.15, 0.2) is 0 Å². The molecular weight excluding hydrogens is 319 g/mol. The molecule has 1 N–H and O–H groups in total. The lowest BCUT2D eigenvalue weighted by Gasteiger charge is -2.33. The zero-order valence-electron chi connectivity index (χ0n) is 11.9. The number of urea groups is 1. The van der Waals surface area contributed by atoms with Gasteiger partial charge in [0.05, 0.1) is 22.9 Å². The van der Waals surface area contributed by atoms with E-state index in [9.17, 15) is 9.36 Å². The Hall–Kier alpha value is -1.88. The molecule has 1 aromatic carbocycles. The maximum atomic E-state index is 13.3. The number of anilines is 1. The second-order valence-corrected chi connectivity index (χ2v) is 7.57. The second-order valence-electron chi connectivity index (χ2n) is 4.58. The Morgan fingerprint density at radius 3 is 2.64 bits per heavy atom. The minimum Gasteiger partial charge on any atom is -0.310 e. The summed E-state index contributed by atoms with van der Waals surface area (Å²) in [7, 11) is -3.43. The molecule has 0 saturated heterocycles. The molecule has 2 aromatic rings. The van der Waals surface area contributed by atoms with Crippen LogP contribution in [0.3, 0.4) is 0 Å². The largest absolute Gasteiger partial charge is 0.333 e. The monoisotopic (exact) mass is 334 g/mol. The minimum absolute atomic E-state index is 0.252. The topological polar surface area (TPSA) is 58.6 Å². The lowest BCUT2D eigenvalue weighted by molar-refractivity contribution is 0.250. The standard InChI is InChI=1S/C15H15N2O3PS/c1-2-20-21(19)11-13(14-9-6-10-22-14)16-15(18)17(21)12-7-4-3-5-8-12/h3-11H,2H2,1H3,(H,16,18). The molecule has 0 fully saturated rings. The van der Waals surface area contributed by atoms with E-state index in [4.69, 9.17) is 4.52 Å². The number of amides is 2. The highest BCUT2D eigenvalue weighted by Crippen LogP contribution is 2.57. The van der Waals surface area contributed by atoms with Crippen molar-refractivity contribution in [3.8, 4) is 0 Å². The van der Waals surface area contributed by atoms with Crippen molar-refractivity contribution >= 4 is 36.3 Å². The Bertz CT molecular complexity index is 743. The summed E-state index contributed by atoms with van der Waals surface area (Å²) in [5, 5.41) is 4.69. The first-order valence-corrected chi connectivity index (χ1v) is 9.34. The summed E-state index contributed by atoms with van der Waals surface area (Å²) in [6.07, 6.45) is 0. The van der Waals surface area contributed by atoms with E-state index in [0.717, 1.165) is 4.88 Å². The molecule has 1 aliphatic rings. The smallest absolute Gasteiger partial charge is 0.310 e. The van der Waals surface area contributed by atoms with Gasteiger partial charge < -0.3 is 9.84 Å². The number of thiophene rings is 1. The highest BCUT2D eigenvalue weighted by Gasteiger charge is 2.40. The quantitative estimate of drug-likeness (QED) is 0.837. The lowest BCUT2D eigenvalue weighted by Crippen LogP contribution is -2.40. The van der Waals surface area contributed by atoms with Crippen molar-refractivity contribution in [3.63, 3.8) is 0 Å². The third kappa shape index (κ3) is 2.73. The molecule has 1 unspecified atom stereocenters. The molecule has 0 spiro atoms. The Labute approximate surface area is 132 Å². The second kappa shape index (κ2) is 6.08. The van der Waals surface area contributed by atoms with Gasteiger partial charge in [-0.25, -0.2) is 9.46 Å². The Morgan fingerprint density at radius 2 is 2.00 bits per heavy atom. The highest BCUT2D eigenvalue weighted by molar-refractivity contribution is 7.65. The molecule has 2 heterocycles. The molecule has 3 rings (SSSR count). The summed E-state index contributed by atoms with van der Waals surface area (Å²) in [6.45, 7) is 2.01. The summed E-state index contributed by atoms with van der Waals surface area (Å²) in [5.74, 6) is 1.52. The van der Waals surface area contributed by atoms with Crippen LogP contribution in [0.5, 0.6) is 0 Å². The molecule has 22 heavy (non-hydrogen) atoms. The van der Waals surface area contributed by atoms with Gasteiger partial charge in [0.1, 0.15) is 0 Å². The Balaban J connectivity index is 2.08. The van der Waals surface area contributed by atoms with Gasteiger partial charge in [-0.1, -0.05) is 24.3 Å². The third-order valence-corrected chi connectivity index (χ3v) is 6.19. The summed E-state index contributed by atoms with van der Waals surface area (Å²) >= 11 is 1.47. The number of carbonyl (C=O) groups excluding carboxylic acids is 1. The Morgan fingerprint density at radius 1 is 1.23 bits per heavy atom. The molecule has 5 nitrogen and oxygen atoms in total. The number of hydrogen-bond acceptors (Lipinski definition) is 4. The molecule has 1 aromatic heterocycles. The molecule has 0 radical (unpaired) electrons. The average molecular weight is 334 g/mol. The highest BCUT2D eigenvalue weighted by atomic mass is 32.1. The van der Waals surface area contributed by atoms with Crippen LogP contribution in [0, 0.1) is 0 Å². The van der Waals surface area contributed by atoms with E-state index < -0.39 is 13.6 Å². The molecule has 0 bridgehead atoms. The molecule has 1 atom stereocenters. The van der Waals surface area contributed by atoms with Crippen LogP contribution in [0.25, 0.3) is 5.70 Å². The molecule has 114 valence electrons. The lowest BCUT2D eigenvalue weighted by atomic mass is 10.3. The minimum atomic E-state index is -3.43. The number of benzene rings is 1. The fraction of sp³-hybridized carbons (Fsp3) is 0.133. The molecule has 0 saturated carbocycles. The van der Waals surface area contributed by atoms with Crippen LogP contribution >= 0.6 is 18.9 Å². The van der Waals surface area contributed by atoms with Crippen molar-refractivity contribution < 1.29 is 13.9 Å². The molecule has 7 heteroatoms. The number of nitrogens with zero attached hydrogens (tertiary/aromatic N) is 1. The van der Waals surface area contributed by atoms with Crippen molar-refractivity contribution in [2.45, 2.75) is 6.92 Å². The first kappa shape index (κ1) is 15.0. The van der Waals surface area contributed by atoms with Crippen molar-refractivity contribution in [1.29, 1.82) is 0 Å². The van der Waals surface area contributed by atoms with Crippen molar-refractivity contribution in [3.05, 3.63) is 58.5 Å². The SMILES string of the molecule is CCOP1(=O)C=C(c2cccs2)NC(=O)N1c1ccccc1. The molecular formula is C15H15N2O3PS. The predicted molar refractivity (Wildman–Crippen MR) is 89.0 cm³/mol. The molecule has 2 amide bonds. The van der Waals surface area contributed by atoms with E-state index in [1.54, 1.807) is 31.2 Å². The Kier molecular flexibility index (Phi) is 4.16. The maximum absolute atomic E-state index is 13.3. The summed E-state index contributed by atoms with van der Waals surface area (Å²) in [4.78, 5) is 13.4. The maximum Gasteiger partial charge on any atom is 0.333 e. The fourth-order valence-corrected chi connectivity index (χ4v) is 4.98. The number of hydrogen-bond donors (Lipinski definition) is 1. The van der Waals surface area contributed by atoms with E-state index >= 15 is 0 Å². The zero-order chi connectivity index (χ0) is 15.6. The van der Waals surface area contributed by atoms with Gasteiger partial charge in [-0.3, -0.25) is 4.57 Å². The van der Waals surface area contributed by atoms with Gasteiger partial charge in [-0.2, -0.15) is 0 Å². The molecule has 1 aliphatic heterocycles. The van der Waals surface area contributed by atoms with Gasteiger partial charge >= 0.3 is 13.6 Å². The predicted octanol–water partition coefficient (Wildman–Crippen LogP) is 4.51. The van der Waals surface area contributed by atoms with E-state index in [0.29, 0.717) is 11.4 Å². The number of nitrogens with one attached hydrogen (secondary N) is 1. The van der Waals surface area contributed by atoms with Gasteiger partial charge in [0.2, 0.25) is 0 Å². The fourth-order valence-electron chi connectivity index (χ4n) is 2.23. The summed E-state index contributed by atoms with van der Waals surface area (Å²) in [5.41, 5.74) is 1.07. The third-order valence-electron chi connectivity index (χ3n) is 3.11. The van der Waals surface area contributed by atoms with Crippen LogP contribution < -0.4 is 9.99 Å². The van der Waals surface area contributed by atoms with E-state index in [2.05, 4.69) is 5.32 Å². The molecule has 0 aliphatic carbocycles. The van der Waals surface area contributed by atoms with Crippen molar-refractivity contribution in [2.24, 2.45) is 0 Å². The van der Waals surface area contributed by atoms with E-state index in [1.807, 2.05) is 23.6 Å². The summed E-state index contributed by atoms with van der Waals surface area (Å²) in [6, 6.07) is 12.2. The van der Waals surface area contributed by atoms with Gasteiger partial charge in [-0.05, 0) is 30.5 Å². The summed E-state index contributed by atoms with van der Waals surface area (Å²) < 4.78 is 19.9. The van der Waals surface area contributed by atoms with E-state index in [1.165, 1.54) is 21.8 Å². The van der Waals surface area contributed by atoms with E-state index in [-0.39, 0.29) is 6.61 Å². The van der Waals surface area contributed by atoms with Crippen LogP contribution in [0.2, 0.25) is 0 Å². The number of rotatable bonds is 4.